The SMILES string of the molecule is CCOCCSc1c(F)cc(N)cc1F. The molecule has 0 aliphatic rings. The second-order valence-electron chi connectivity index (χ2n) is 2.86. The van der Waals surface area contributed by atoms with Crippen molar-refractivity contribution in [2.45, 2.75) is 11.8 Å². The van der Waals surface area contributed by atoms with Gasteiger partial charge >= 0.3 is 0 Å². The van der Waals surface area contributed by atoms with Gasteiger partial charge in [-0.3, -0.25) is 0 Å². The molecule has 0 aliphatic heterocycles. The number of anilines is 1. The highest BCUT2D eigenvalue weighted by molar-refractivity contribution is 7.99. The first-order valence-corrected chi connectivity index (χ1v) is 5.58. The van der Waals surface area contributed by atoms with Crippen LogP contribution in [0.4, 0.5) is 14.5 Å². The van der Waals surface area contributed by atoms with Crippen LogP contribution in [0.25, 0.3) is 0 Å². The second-order valence-corrected chi connectivity index (χ2v) is 3.96. The van der Waals surface area contributed by atoms with Gasteiger partial charge in [0.2, 0.25) is 0 Å². The van der Waals surface area contributed by atoms with Crippen LogP contribution in [0.15, 0.2) is 17.0 Å². The summed E-state index contributed by atoms with van der Waals surface area (Å²) in [6.45, 7) is 2.95. The molecule has 1 aromatic carbocycles. The maximum Gasteiger partial charge on any atom is 0.141 e. The van der Waals surface area contributed by atoms with E-state index in [9.17, 15) is 8.78 Å². The van der Waals surface area contributed by atoms with E-state index >= 15 is 0 Å². The van der Waals surface area contributed by atoms with Crippen LogP contribution >= 0.6 is 11.8 Å². The zero-order valence-electron chi connectivity index (χ0n) is 8.43. The number of benzene rings is 1. The number of ether oxygens (including phenoxy) is 1. The van der Waals surface area contributed by atoms with Crippen molar-refractivity contribution in [2.24, 2.45) is 0 Å². The van der Waals surface area contributed by atoms with E-state index < -0.39 is 11.6 Å². The van der Waals surface area contributed by atoms with Gasteiger partial charge < -0.3 is 10.5 Å². The van der Waals surface area contributed by atoms with Crippen molar-refractivity contribution in [3.05, 3.63) is 23.8 Å². The van der Waals surface area contributed by atoms with Crippen LogP contribution in [0.5, 0.6) is 0 Å². The summed E-state index contributed by atoms with van der Waals surface area (Å²) in [7, 11) is 0. The van der Waals surface area contributed by atoms with E-state index in [4.69, 9.17) is 10.5 Å². The first kappa shape index (κ1) is 12.3. The summed E-state index contributed by atoms with van der Waals surface area (Å²) in [6, 6.07) is 2.23. The number of halogens is 2. The zero-order valence-corrected chi connectivity index (χ0v) is 9.24. The van der Waals surface area contributed by atoms with Gasteiger partial charge in [0, 0.05) is 18.0 Å². The predicted octanol–water partition coefficient (Wildman–Crippen LogP) is 2.68. The van der Waals surface area contributed by atoms with Crippen LogP contribution in [0.1, 0.15) is 6.92 Å². The molecule has 1 rings (SSSR count). The van der Waals surface area contributed by atoms with E-state index in [1.807, 2.05) is 6.92 Å². The maximum atomic E-state index is 13.2. The molecule has 0 saturated carbocycles. The van der Waals surface area contributed by atoms with Gasteiger partial charge in [0.25, 0.3) is 0 Å². The molecule has 1 aromatic rings. The minimum atomic E-state index is -0.617. The average Bonchev–Trinajstić information content (AvgIpc) is 2.15. The number of nitrogens with two attached hydrogens (primary N) is 1. The molecule has 0 spiro atoms. The molecule has 0 bridgehead atoms. The van der Waals surface area contributed by atoms with Gasteiger partial charge in [0.05, 0.1) is 11.5 Å². The number of thioether (sulfide) groups is 1. The Balaban J connectivity index is 2.60. The van der Waals surface area contributed by atoms with Crippen molar-refractivity contribution >= 4 is 17.4 Å². The topological polar surface area (TPSA) is 35.2 Å². The lowest BCUT2D eigenvalue weighted by Crippen LogP contribution is -1.98. The van der Waals surface area contributed by atoms with Crippen molar-refractivity contribution in [3.8, 4) is 0 Å². The molecule has 0 aromatic heterocycles. The smallest absolute Gasteiger partial charge is 0.141 e. The van der Waals surface area contributed by atoms with Gasteiger partial charge in [-0.25, -0.2) is 8.78 Å². The summed E-state index contributed by atoms with van der Waals surface area (Å²) < 4.78 is 31.5. The molecule has 84 valence electrons. The van der Waals surface area contributed by atoms with Crippen molar-refractivity contribution in [1.82, 2.24) is 0 Å². The molecular formula is C10H13F2NOS. The van der Waals surface area contributed by atoms with E-state index in [0.29, 0.717) is 19.0 Å². The molecule has 0 radical (unpaired) electrons. The summed E-state index contributed by atoms with van der Waals surface area (Å²) in [6.07, 6.45) is 0. The predicted molar refractivity (Wildman–Crippen MR) is 58.0 cm³/mol. The highest BCUT2D eigenvalue weighted by Gasteiger charge is 2.10. The first-order valence-electron chi connectivity index (χ1n) is 4.60. The molecule has 0 unspecified atom stereocenters. The van der Waals surface area contributed by atoms with Crippen LogP contribution in [0.2, 0.25) is 0 Å². The van der Waals surface area contributed by atoms with Crippen molar-refractivity contribution < 1.29 is 13.5 Å². The number of rotatable bonds is 5. The fourth-order valence-corrected chi connectivity index (χ4v) is 1.86. The second kappa shape index (κ2) is 5.92. The van der Waals surface area contributed by atoms with Crippen molar-refractivity contribution in [3.63, 3.8) is 0 Å². The number of nitrogen functional groups attached to an aromatic ring is 1. The Morgan fingerprint density at radius 2 is 1.93 bits per heavy atom. The van der Waals surface area contributed by atoms with Crippen LogP contribution in [0.3, 0.4) is 0 Å². The standard InChI is InChI=1S/C10H13F2NOS/c1-2-14-3-4-15-10-8(11)5-7(13)6-9(10)12/h5-6H,2-4,13H2,1H3. The number of hydrogen-bond acceptors (Lipinski definition) is 3. The third-order valence-corrected chi connectivity index (χ3v) is 2.75. The average molecular weight is 233 g/mol. The minimum absolute atomic E-state index is 0.00361. The Kier molecular flexibility index (Phi) is 4.84. The van der Waals surface area contributed by atoms with Gasteiger partial charge in [-0.2, -0.15) is 0 Å². The van der Waals surface area contributed by atoms with E-state index in [-0.39, 0.29) is 10.6 Å². The highest BCUT2D eigenvalue weighted by atomic mass is 32.2. The Morgan fingerprint density at radius 3 is 2.47 bits per heavy atom. The molecular weight excluding hydrogens is 220 g/mol. The van der Waals surface area contributed by atoms with Crippen LogP contribution < -0.4 is 5.73 Å². The monoisotopic (exact) mass is 233 g/mol. The summed E-state index contributed by atoms with van der Waals surface area (Å²) in [4.78, 5) is 0.00361. The molecule has 2 nitrogen and oxygen atoms in total. The van der Waals surface area contributed by atoms with Gasteiger partial charge in [-0.15, -0.1) is 11.8 Å². The Morgan fingerprint density at radius 1 is 1.33 bits per heavy atom. The fourth-order valence-electron chi connectivity index (χ4n) is 1.06. The third-order valence-electron chi connectivity index (χ3n) is 1.70. The van der Waals surface area contributed by atoms with Gasteiger partial charge in [-0.05, 0) is 19.1 Å². The minimum Gasteiger partial charge on any atom is -0.399 e. The van der Waals surface area contributed by atoms with Gasteiger partial charge in [0.15, 0.2) is 0 Å². The lowest BCUT2D eigenvalue weighted by atomic mass is 10.3. The van der Waals surface area contributed by atoms with E-state index in [2.05, 4.69) is 0 Å². The third kappa shape index (κ3) is 3.68. The summed E-state index contributed by atoms with van der Waals surface area (Å²) in [5, 5.41) is 0. The Labute approximate surface area is 91.8 Å². The Hall–Kier alpha value is -0.810. The summed E-state index contributed by atoms with van der Waals surface area (Å²) in [5.74, 6) is -0.714. The fraction of sp³-hybridized carbons (Fsp3) is 0.400. The van der Waals surface area contributed by atoms with Gasteiger partial charge in [-0.1, -0.05) is 0 Å². The largest absolute Gasteiger partial charge is 0.399 e. The lowest BCUT2D eigenvalue weighted by molar-refractivity contribution is 0.164. The van der Waals surface area contributed by atoms with Crippen molar-refractivity contribution in [1.29, 1.82) is 0 Å². The molecule has 2 N–H and O–H groups in total. The molecule has 0 fully saturated rings. The first-order chi connectivity index (χ1) is 7.15. The van der Waals surface area contributed by atoms with Crippen LogP contribution in [-0.4, -0.2) is 19.0 Å². The van der Waals surface area contributed by atoms with Crippen LogP contribution in [-0.2, 0) is 4.74 Å². The molecule has 5 heteroatoms. The summed E-state index contributed by atoms with van der Waals surface area (Å²) >= 11 is 1.09. The molecule has 0 aliphatic carbocycles. The molecule has 0 amide bonds. The van der Waals surface area contributed by atoms with E-state index in [1.54, 1.807) is 0 Å². The number of hydrogen-bond donors (Lipinski definition) is 1. The molecule has 0 atom stereocenters. The Bertz CT molecular complexity index is 310. The summed E-state index contributed by atoms with van der Waals surface area (Å²) in [5.41, 5.74) is 5.39. The normalized spacial score (nSPS) is 10.6. The lowest BCUT2D eigenvalue weighted by Gasteiger charge is -2.05. The molecule has 0 saturated heterocycles. The van der Waals surface area contributed by atoms with E-state index in [0.717, 1.165) is 23.9 Å². The van der Waals surface area contributed by atoms with E-state index in [1.165, 1.54) is 0 Å². The quantitative estimate of drug-likeness (QED) is 0.482. The van der Waals surface area contributed by atoms with Gasteiger partial charge in [0.1, 0.15) is 11.6 Å². The van der Waals surface area contributed by atoms with Crippen LogP contribution in [0, 0.1) is 11.6 Å². The maximum absolute atomic E-state index is 13.2. The van der Waals surface area contributed by atoms with Crippen molar-refractivity contribution in [2.75, 3.05) is 24.7 Å². The zero-order chi connectivity index (χ0) is 11.3. The highest BCUT2D eigenvalue weighted by Crippen LogP contribution is 2.26. The molecule has 0 heterocycles. The molecule has 15 heavy (non-hydrogen) atoms.